The van der Waals surface area contributed by atoms with Gasteiger partial charge in [0, 0.05) is 5.56 Å². The molecule has 0 amide bonds. The molecule has 2 aromatic heterocycles. The summed E-state index contributed by atoms with van der Waals surface area (Å²) in [7, 11) is 1.62. The summed E-state index contributed by atoms with van der Waals surface area (Å²) >= 11 is 1.32. The first-order valence-electron chi connectivity index (χ1n) is 8.52. The number of thiophene rings is 1. The normalized spacial score (nSPS) is 10.8. The minimum Gasteiger partial charge on any atom is -0.497 e. The molecule has 0 radical (unpaired) electrons. The number of carbonyl (C=O) groups excluding carboxylic acids is 2. The molecule has 0 atom stereocenters. The van der Waals surface area contributed by atoms with Crippen LogP contribution in [-0.2, 0) is 4.74 Å². The van der Waals surface area contributed by atoms with Crippen LogP contribution in [0.1, 0.15) is 20.0 Å². The summed E-state index contributed by atoms with van der Waals surface area (Å²) in [4.78, 5) is 32.6. The maximum atomic E-state index is 12.3. The lowest BCUT2D eigenvalue weighted by Crippen LogP contribution is -2.13. The third kappa shape index (κ3) is 3.65. The third-order valence-electron chi connectivity index (χ3n) is 4.21. The fourth-order valence-electron chi connectivity index (χ4n) is 2.74. The van der Waals surface area contributed by atoms with E-state index in [4.69, 9.17) is 9.47 Å². The maximum Gasteiger partial charge on any atom is 0.338 e. The van der Waals surface area contributed by atoms with E-state index in [0.29, 0.717) is 21.8 Å². The number of benzene rings is 2. The molecule has 2 aromatic carbocycles. The summed E-state index contributed by atoms with van der Waals surface area (Å²) in [5, 5.41) is 1.81. The third-order valence-corrected chi connectivity index (χ3v) is 5.12. The van der Waals surface area contributed by atoms with Crippen molar-refractivity contribution in [3.63, 3.8) is 0 Å². The molecule has 28 heavy (non-hydrogen) atoms. The van der Waals surface area contributed by atoms with Gasteiger partial charge in [0.2, 0.25) is 5.78 Å². The van der Waals surface area contributed by atoms with E-state index in [1.165, 1.54) is 11.3 Å². The number of ketones is 1. The number of esters is 1. The first-order chi connectivity index (χ1) is 13.6. The number of methoxy groups -OCH3 is 1. The highest BCUT2D eigenvalue weighted by atomic mass is 32.1. The van der Waals surface area contributed by atoms with Crippen LogP contribution in [0.15, 0.2) is 60.0 Å². The van der Waals surface area contributed by atoms with Gasteiger partial charge in [-0.05, 0) is 53.9 Å². The highest BCUT2D eigenvalue weighted by Crippen LogP contribution is 2.23. The lowest BCUT2D eigenvalue weighted by molar-refractivity contribution is 0.0476. The molecule has 0 bridgehead atoms. The number of H-pyrrole nitrogens is 1. The number of aromatic nitrogens is 2. The topological polar surface area (TPSA) is 81.3 Å². The molecular formula is C21H16N2O4S. The molecular weight excluding hydrogens is 376 g/mol. The van der Waals surface area contributed by atoms with Gasteiger partial charge in [-0.25, -0.2) is 9.78 Å². The Morgan fingerprint density at radius 3 is 2.64 bits per heavy atom. The van der Waals surface area contributed by atoms with Gasteiger partial charge in [-0.2, -0.15) is 0 Å². The maximum absolute atomic E-state index is 12.3. The number of imidazole rings is 1. The summed E-state index contributed by atoms with van der Waals surface area (Å²) < 4.78 is 10.3. The summed E-state index contributed by atoms with van der Waals surface area (Å²) in [5.41, 5.74) is 2.71. The van der Waals surface area contributed by atoms with Gasteiger partial charge in [-0.1, -0.05) is 6.07 Å². The number of nitrogens with one attached hydrogen (secondary N) is 1. The number of rotatable bonds is 6. The molecule has 6 nitrogen and oxygen atoms in total. The molecule has 1 N–H and O–H groups in total. The number of carbonyl (C=O) groups is 2. The van der Waals surface area contributed by atoms with Crippen LogP contribution in [0.5, 0.6) is 5.75 Å². The van der Waals surface area contributed by atoms with Crippen LogP contribution >= 0.6 is 11.3 Å². The van der Waals surface area contributed by atoms with Crippen LogP contribution in [0.3, 0.4) is 0 Å². The Bertz CT molecular complexity index is 1130. The van der Waals surface area contributed by atoms with E-state index in [0.717, 1.165) is 16.8 Å². The fourth-order valence-corrected chi connectivity index (χ4v) is 3.40. The second-order valence-corrected chi connectivity index (χ2v) is 6.97. The van der Waals surface area contributed by atoms with E-state index in [2.05, 4.69) is 9.97 Å². The van der Waals surface area contributed by atoms with Gasteiger partial charge in [0.15, 0.2) is 6.61 Å². The van der Waals surface area contributed by atoms with Crippen molar-refractivity contribution in [1.29, 1.82) is 0 Å². The van der Waals surface area contributed by atoms with Crippen LogP contribution in [0.2, 0.25) is 0 Å². The lowest BCUT2D eigenvalue weighted by Gasteiger charge is -2.03. The van der Waals surface area contributed by atoms with Gasteiger partial charge in [0.05, 0.1) is 28.6 Å². The van der Waals surface area contributed by atoms with Crippen LogP contribution in [0.25, 0.3) is 22.4 Å². The molecule has 7 heteroatoms. The van der Waals surface area contributed by atoms with E-state index in [9.17, 15) is 9.59 Å². The average Bonchev–Trinajstić information content (AvgIpc) is 3.41. The molecule has 0 fully saturated rings. The van der Waals surface area contributed by atoms with Crippen LogP contribution < -0.4 is 4.74 Å². The monoisotopic (exact) mass is 392 g/mol. The van der Waals surface area contributed by atoms with Gasteiger partial charge in [0.1, 0.15) is 11.6 Å². The number of Topliss-reactive ketones (excluding diaryl/α,β-unsaturated/α-hetero) is 1. The van der Waals surface area contributed by atoms with Crippen molar-refractivity contribution in [3.05, 3.63) is 70.4 Å². The Morgan fingerprint density at radius 1 is 1.11 bits per heavy atom. The van der Waals surface area contributed by atoms with E-state index in [1.54, 1.807) is 37.4 Å². The SMILES string of the molecule is COc1ccc(-c2nc3ccc(C(=O)OCC(=O)c4cccs4)cc3[nH]2)cc1. The Balaban J connectivity index is 1.50. The second kappa shape index (κ2) is 7.66. The second-order valence-electron chi connectivity index (χ2n) is 6.02. The predicted octanol–water partition coefficient (Wildman–Crippen LogP) is 4.34. The van der Waals surface area contributed by atoms with Crippen molar-refractivity contribution in [3.8, 4) is 17.1 Å². The zero-order valence-electron chi connectivity index (χ0n) is 15.0. The Hall–Kier alpha value is -3.45. The first-order valence-corrected chi connectivity index (χ1v) is 9.40. The smallest absolute Gasteiger partial charge is 0.338 e. The van der Waals surface area contributed by atoms with Crippen LogP contribution in [0.4, 0.5) is 0 Å². The molecule has 0 aliphatic rings. The molecule has 0 unspecified atom stereocenters. The minimum atomic E-state index is -0.549. The average molecular weight is 392 g/mol. The highest BCUT2D eigenvalue weighted by Gasteiger charge is 2.14. The Labute approximate surface area is 164 Å². The molecule has 0 saturated heterocycles. The van der Waals surface area contributed by atoms with E-state index >= 15 is 0 Å². The zero-order valence-corrected chi connectivity index (χ0v) is 15.8. The van der Waals surface area contributed by atoms with Crippen molar-refractivity contribution >= 4 is 34.1 Å². The van der Waals surface area contributed by atoms with Crippen molar-refractivity contribution in [2.75, 3.05) is 13.7 Å². The molecule has 0 saturated carbocycles. The van der Waals surface area contributed by atoms with Crippen LogP contribution in [0, 0.1) is 0 Å². The first kappa shape index (κ1) is 17.9. The van der Waals surface area contributed by atoms with Crippen molar-refractivity contribution < 1.29 is 19.1 Å². The molecule has 0 spiro atoms. The minimum absolute atomic E-state index is 0.215. The molecule has 140 valence electrons. The number of hydrogen-bond donors (Lipinski definition) is 1. The fraction of sp³-hybridized carbons (Fsp3) is 0.0952. The summed E-state index contributed by atoms with van der Waals surface area (Å²) in [6.07, 6.45) is 0. The van der Waals surface area contributed by atoms with E-state index in [-0.39, 0.29) is 12.4 Å². The number of hydrogen-bond acceptors (Lipinski definition) is 6. The standard InChI is InChI=1S/C21H16N2O4S/c1-26-15-7-4-13(5-8-15)20-22-16-9-6-14(11-17(16)23-20)21(25)27-12-18(24)19-3-2-10-28-19/h2-11H,12H2,1H3,(H,22,23). The van der Waals surface area contributed by atoms with Gasteiger partial charge in [-0.3, -0.25) is 4.79 Å². The summed E-state index contributed by atoms with van der Waals surface area (Å²) in [5.74, 6) is 0.693. The van der Waals surface area contributed by atoms with Crippen molar-refractivity contribution in [2.45, 2.75) is 0 Å². The van der Waals surface area contributed by atoms with Gasteiger partial charge >= 0.3 is 5.97 Å². The number of aromatic amines is 1. The van der Waals surface area contributed by atoms with E-state index in [1.807, 2.05) is 29.6 Å². The molecule has 0 aliphatic heterocycles. The molecule has 2 heterocycles. The zero-order chi connectivity index (χ0) is 19.5. The van der Waals surface area contributed by atoms with Gasteiger partial charge in [0.25, 0.3) is 0 Å². The largest absolute Gasteiger partial charge is 0.497 e. The Morgan fingerprint density at radius 2 is 1.93 bits per heavy atom. The number of fused-ring (bicyclic) bond motifs is 1. The van der Waals surface area contributed by atoms with Crippen molar-refractivity contribution in [2.24, 2.45) is 0 Å². The molecule has 4 aromatic rings. The van der Waals surface area contributed by atoms with Crippen LogP contribution in [-0.4, -0.2) is 35.4 Å². The quantitative estimate of drug-likeness (QED) is 0.390. The number of ether oxygens (including phenoxy) is 2. The number of nitrogens with zero attached hydrogens (tertiary/aromatic N) is 1. The predicted molar refractivity (Wildman–Crippen MR) is 107 cm³/mol. The van der Waals surface area contributed by atoms with Gasteiger partial charge in [-0.15, -0.1) is 11.3 Å². The highest BCUT2D eigenvalue weighted by molar-refractivity contribution is 7.12. The molecule has 4 rings (SSSR count). The lowest BCUT2D eigenvalue weighted by atomic mass is 10.2. The van der Waals surface area contributed by atoms with Gasteiger partial charge < -0.3 is 14.5 Å². The van der Waals surface area contributed by atoms with Crippen molar-refractivity contribution in [1.82, 2.24) is 9.97 Å². The summed E-state index contributed by atoms with van der Waals surface area (Å²) in [6, 6.07) is 16.1. The Kier molecular flexibility index (Phi) is 4.90. The molecule has 0 aliphatic carbocycles. The summed E-state index contributed by atoms with van der Waals surface area (Å²) in [6.45, 7) is -0.280. The van der Waals surface area contributed by atoms with E-state index < -0.39 is 5.97 Å².